The smallest absolute Gasteiger partial charge is 0.363 e. The second-order valence-corrected chi connectivity index (χ2v) is 4.24. The van der Waals surface area contributed by atoms with E-state index in [4.69, 9.17) is 5.11 Å². The van der Waals surface area contributed by atoms with Crippen molar-refractivity contribution in [3.05, 3.63) is 46.2 Å². The van der Waals surface area contributed by atoms with Gasteiger partial charge in [-0.15, -0.1) is 0 Å². The lowest BCUT2D eigenvalue weighted by molar-refractivity contribution is -0.385. The van der Waals surface area contributed by atoms with Crippen LogP contribution in [0.5, 0.6) is 0 Å². The van der Waals surface area contributed by atoms with Crippen molar-refractivity contribution in [2.75, 3.05) is 0 Å². The highest BCUT2D eigenvalue weighted by atomic mass is 16.6. The van der Waals surface area contributed by atoms with Crippen molar-refractivity contribution >= 4 is 17.2 Å². The summed E-state index contributed by atoms with van der Waals surface area (Å²) in [5.74, 6) is -1.22. The minimum Gasteiger partial charge on any atom is -0.476 e. The van der Waals surface area contributed by atoms with Crippen molar-refractivity contribution in [2.45, 2.75) is 6.92 Å². The molecule has 0 aliphatic rings. The quantitative estimate of drug-likeness (QED) is 0.558. The van der Waals surface area contributed by atoms with Crippen LogP contribution in [0.1, 0.15) is 16.2 Å². The first-order chi connectivity index (χ1) is 9.97. The fourth-order valence-electron chi connectivity index (χ4n) is 1.97. The van der Waals surface area contributed by atoms with Gasteiger partial charge >= 0.3 is 11.7 Å². The molecule has 21 heavy (non-hydrogen) atoms. The molecule has 3 rings (SSSR count). The first kappa shape index (κ1) is 12.7. The zero-order valence-electron chi connectivity index (χ0n) is 10.7. The number of carboxylic acid groups (broad SMARTS) is 1. The van der Waals surface area contributed by atoms with Gasteiger partial charge in [-0.3, -0.25) is 10.1 Å². The molecule has 0 aliphatic carbocycles. The van der Waals surface area contributed by atoms with Gasteiger partial charge in [-0.25, -0.2) is 19.0 Å². The molecule has 0 unspecified atom stereocenters. The average Bonchev–Trinajstić information content (AvgIpc) is 3.00. The highest BCUT2D eigenvalue weighted by Crippen LogP contribution is 2.21. The summed E-state index contributed by atoms with van der Waals surface area (Å²) in [6.45, 7) is 1.78. The van der Waals surface area contributed by atoms with Crippen molar-refractivity contribution in [1.82, 2.24) is 24.4 Å². The maximum Gasteiger partial charge on any atom is 0.363 e. The van der Waals surface area contributed by atoms with Gasteiger partial charge in [0.25, 0.3) is 0 Å². The number of nitrogens with zero attached hydrogens (tertiary/aromatic N) is 6. The van der Waals surface area contributed by atoms with Crippen molar-refractivity contribution in [1.29, 1.82) is 0 Å². The van der Waals surface area contributed by atoms with E-state index in [1.807, 2.05) is 0 Å². The van der Waals surface area contributed by atoms with E-state index >= 15 is 0 Å². The van der Waals surface area contributed by atoms with Crippen LogP contribution in [0.15, 0.2) is 24.7 Å². The van der Waals surface area contributed by atoms with Crippen LogP contribution in [0.3, 0.4) is 0 Å². The molecule has 0 atom stereocenters. The maximum atomic E-state index is 11.0. The first-order valence-electron chi connectivity index (χ1n) is 5.76. The number of carbonyl (C=O) groups is 1. The summed E-state index contributed by atoms with van der Waals surface area (Å²) in [4.78, 5) is 25.2. The lowest BCUT2D eigenvalue weighted by Gasteiger charge is -2.01. The van der Waals surface area contributed by atoms with Crippen LogP contribution in [0.2, 0.25) is 0 Å². The molecule has 3 aromatic heterocycles. The van der Waals surface area contributed by atoms with E-state index < -0.39 is 22.3 Å². The third-order valence-electron chi connectivity index (χ3n) is 2.80. The number of hydrogen-bond donors (Lipinski definition) is 1. The van der Waals surface area contributed by atoms with Crippen molar-refractivity contribution in [3.8, 4) is 5.82 Å². The molecule has 10 nitrogen and oxygen atoms in total. The summed E-state index contributed by atoms with van der Waals surface area (Å²) in [5.41, 5.74) is 0.0521. The molecule has 1 N–H and O–H groups in total. The molecule has 0 aliphatic heterocycles. The van der Waals surface area contributed by atoms with Gasteiger partial charge in [0.2, 0.25) is 5.69 Å². The van der Waals surface area contributed by atoms with Crippen molar-refractivity contribution in [2.24, 2.45) is 0 Å². The Bertz CT molecular complexity index is 849. The summed E-state index contributed by atoms with van der Waals surface area (Å²) >= 11 is 0. The van der Waals surface area contributed by atoms with E-state index in [1.165, 1.54) is 10.7 Å². The van der Waals surface area contributed by atoms with Crippen LogP contribution in [0, 0.1) is 17.0 Å². The highest BCUT2D eigenvalue weighted by Gasteiger charge is 2.26. The third kappa shape index (κ3) is 1.98. The van der Waals surface area contributed by atoms with Crippen LogP contribution in [0.4, 0.5) is 5.69 Å². The van der Waals surface area contributed by atoms with Gasteiger partial charge in [0.1, 0.15) is 11.7 Å². The largest absolute Gasteiger partial charge is 0.476 e. The summed E-state index contributed by atoms with van der Waals surface area (Å²) < 4.78 is 2.60. The molecule has 10 heteroatoms. The number of rotatable bonds is 3. The SMILES string of the molecule is Cc1cc2c(-n3cc([N+](=O)[O-])c(C(=O)O)n3)nccn2n1. The van der Waals surface area contributed by atoms with Gasteiger partial charge in [-0.2, -0.15) is 10.2 Å². The van der Waals surface area contributed by atoms with Gasteiger partial charge in [0.05, 0.1) is 10.6 Å². The van der Waals surface area contributed by atoms with Crippen LogP contribution >= 0.6 is 0 Å². The molecule has 0 saturated carbocycles. The van der Waals surface area contributed by atoms with Crippen LogP contribution < -0.4 is 0 Å². The van der Waals surface area contributed by atoms with Gasteiger partial charge < -0.3 is 5.11 Å². The fourth-order valence-corrected chi connectivity index (χ4v) is 1.97. The molecule has 0 aromatic carbocycles. The lowest BCUT2D eigenvalue weighted by Crippen LogP contribution is -2.05. The summed E-state index contributed by atoms with van der Waals surface area (Å²) in [5, 5.41) is 27.8. The number of nitro groups is 1. The van der Waals surface area contributed by atoms with Gasteiger partial charge in [0, 0.05) is 12.4 Å². The zero-order chi connectivity index (χ0) is 15.1. The molecule has 3 aromatic rings. The van der Waals surface area contributed by atoms with Crippen molar-refractivity contribution < 1.29 is 14.8 Å². The number of aromatic carboxylic acids is 1. The molecule has 3 heterocycles. The Morgan fingerprint density at radius 3 is 2.81 bits per heavy atom. The van der Waals surface area contributed by atoms with Crippen LogP contribution in [-0.4, -0.2) is 40.4 Å². The number of hydrogen-bond acceptors (Lipinski definition) is 6. The Balaban J connectivity index is 2.26. The minimum absolute atomic E-state index is 0.258. The second kappa shape index (κ2) is 4.37. The normalized spacial score (nSPS) is 10.9. The molecule has 0 spiro atoms. The van der Waals surface area contributed by atoms with Gasteiger partial charge in [-0.05, 0) is 13.0 Å². The molecule has 0 amide bonds. The zero-order valence-corrected chi connectivity index (χ0v) is 10.7. The summed E-state index contributed by atoms with van der Waals surface area (Å²) in [6, 6.07) is 1.72. The fraction of sp³-hybridized carbons (Fsp3) is 0.0909. The average molecular weight is 288 g/mol. The molecule has 0 bridgehead atoms. The van der Waals surface area contributed by atoms with E-state index in [0.29, 0.717) is 5.52 Å². The van der Waals surface area contributed by atoms with Crippen LogP contribution in [-0.2, 0) is 0 Å². The van der Waals surface area contributed by atoms with E-state index in [0.717, 1.165) is 16.6 Å². The predicted molar refractivity (Wildman–Crippen MR) is 68.5 cm³/mol. The van der Waals surface area contributed by atoms with Crippen LogP contribution in [0.25, 0.3) is 11.3 Å². The Hall–Kier alpha value is -3.30. The van der Waals surface area contributed by atoms with Gasteiger partial charge in [0.15, 0.2) is 5.82 Å². The Labute approximate surface area is 116 Å². The number of carboxylic acids is 1. The number of fused-ring (bicyclic) bond motifs is 1. The maximum absolute atomic E-state index is 11.0. The molecule has 0 fully saturated rings. The summed E-state index contributed by atoms with van der Waals surface area (Å²) in [6.07, 6.45) is 4.08. The molecular formula is C11H8N6O4. The molecule has 0 radical (unpaired) electrons. The van der Waals surface area contributed by atoms with Crippen molar-refractivity contribution in [3.63, 3.8) is 0 Å². The Morgan fingerprint density at radius 1 is 1.43 bits per heavy atom. The lowest BCUT2D eigenvalue weighted by atomic mass is 10.4. The predicted octanol–water partition coefficient (Wildman–Crippen LogP) is 0.830. The Kier molecular flexibility index (Phi) is 2.65. The van der Waals surface area contributed by atoms with E-state index in [2.05, 4.69) is 15.2 Å². The Morgan fingerprint density at radius 2 is 2.19 bits per heavy atom. The number of aryl methyl sites for hydroxylation is 1. The monoisotopic (exact) mass is 288 g/mol. The van der Waals surface area contributed by atoms with E-state index in [9.17, 15) is 14.9 Å². The van der Waals surface area contributed by atoms with Gasteiger partial charge in [-0.1, -0.05) is 0 Å². The topological polar surface area (TPSA) is 128 Å². The van der Waals surface area contributed by atoms with E-state index in [-0.39, 0.29) is 5.82 Å². The molecule has 106 valence electrons. The molecule has 0 saturated heterocycles. The third-order valence-corrected chi connectivity index (χ3v) is 2.80. The molecular weight excluding hydrogens is 280 g/mol. The number of aromatic nitrogens is 5. The standard InChI is InChI=1S/C11H8N6O4/c1-6-4-7-10(12-2-3-15(7)13-6)16-5-8(17(20)21)9(14-16)11(18)19/h2-5H,1H3,(H,18,19). The minimum atomic E-state index is -1.47. The van der Waals surface area contributed by atoms with E-state index in [1.54, 1.807) is 19.2 Å². The highest BCUT2D eigenvalue weighted by molar-refractivity contribution is 5.90. The summed E-state index contributed by atoms with van der Waals surface area (Å²) in [7, 11) is 0. The first-order valence-corrected chi connectivity index (χ1v) is 5.76. The second-order valence-electron chi connectivity index (χ2n) is 4.24.